The van der Waals surface area contributed by atoms with E-state index in [1.807, 2.05) is 12.1 Å². The highest BCUT2D eigenvalue weighted by atomic mass is 35.5. The van der Waals surface area contributed by atoms with Crippen LogP contribution < -0.4 is 9.80 Å². The third kappa shape index (κ3) is 4.37. The highest BCUT2D eigenvalue weighted by Gasteiger charge is 2.32. The average molecular weight is 386 g/mol. The lowest BCUT2D eigenvalue weighted by Gasteiger charge is -2.36. The van der Waals surface area contributed by atoms with Gasteiger partial charge in [-0.3, -0.25) is 9.80 Å². The molecule has 0 radical (unpaired) electrons. The van der Waals surface area contributed by atoms with Crippen LogP contribution in [0.4, 0.5) is 16.2 Å². The van der Waals surface area contributed by atoms with Crippen LogP contribution in [0.15, 0.2) is 54.6 Å². The largest absolute Gasteiger partial charge is 0.444 e. The van der Waals surface area contributed by atoms with Gasteiger partial charge in [0.25, 0.3) is 0 Å². The Balaban J connectivity index is 1.25. The van der Waals surface area contributed by atoms with Crippen molar-refractivity contribution in [2.75, 3.05) is 49.1 Å². The second-order valence-corrected chi connectivity index (χ2v) is 7.49. The van der Waals surface area contributed by atoms with Gasteiger partial charge in [0.15, 0.2) is 0 Å². The van der Waals surface area contributed by atoms with Crippen LogP contribution in [0.25, 0.3) is 0 Å². The predicted molar refractivity (Wildman–Crippen MR) is 109 cm³/mol. The SMILES string of the molecule is O=C1OC(CCN2CCN(c3ccccc3)CC2)CN1c1cccc(Cl)c1. The molecule has 0 bridgehead atoms. The fourth-order valence-corrected chi connectivity index (χ4v) is 3.91. The Labute approximate surface area is 165 Å². The van der Waals surface area contributed by atoms with Gasteiger partial charge in [0, 0.05) is 49.1 Å². The number of nitrogens with zero attached hydrogens (tertiary/aromatic N) is 3. The topological polar surface area (TPSA) is 36.0 Å². The molecule has 0 saturated carbocycles. The van der Waals surface area contributed by atoms with Gasteiger partial charge in [0.05, 0.1) is 6.54 Å². The lowest BCUT2D eigenvalue weighted by Crippen LogP contribution is -2.47. The van der Waals surface area contributed by atoms with Crippen molar-refractivity contribution >= 4 is 29.1 Å². The van der Waals surface area contributed by atoms with Crippen molar-refractivity contribution in [3.63, 3.8) is 0 Å². The Morgan fingerprint density at radius 2 is 1.70 bits per heavy atom. The van der Waals surface area contributed by atoms with Gasteiger partial charge >= 0.3 is 6.09 Å². The Morgan fingerprint density at radius 3 is 2.44 bits per heavy atom. The molecule has 27 heavy (non-hydrogen) atoms. The Hall–Kier alpha value is -2.24. The van der Waals surface area contributed by atoms with Crippen LogP contribution in [0, 0.1) is 0 Å². The van der Waals surface area contributed by atoms with Gasteiger partial charge in [-0.2, -0.15) is 0 Å². The molecule has 6 heteroatoms. The number of hydrogen-bond donors (Lipinski definition) is 0. The first-order valence-electron chi connectivity index (χ1n) is 9.45. The van der Waals surface area contributed by atoms with Crippen LogP contribution in [0.2, 0.25) is 5.02 Å². The van der Waals surface area contributed by atoms with E-state index in [0.29, 0.717) is 11.6 Å². The molecule has 4 rings (SSSR count). The van der Waals surface area contributed by atoms with Crippen LogP contribution in [-0.4, -0.2) is 56.4 Å². The minimum absolute atomic E-state index is 0.0661. The number of halogens is 1. The predicted octanol–water partition coefficient (Wildman–Crippen LogP) is 3.88. The molecule has 2 aliphatic heterocycles. The van der Waals surface area contributed by atoms with E-state index in [9.17, 15) is 4.79 Å². The number of amides is 1. The zero-order valence-corrected chi connectivity index (χ0v) is 16.0. The number of cyclic esters (lactones) is 1. The summed E-state index contributed by atoms with van der Waals surface area (Å²) < 4.78 is 5.56. The van der Waals surface area contributed by atoms with Crippen molar-refractivity contribution in [2.45, 2.75) is 12.5 Å². The van der Waals surface area contributed by atoms with Crippen molar-refractivity contribution in [3.05, 3.63) is 59.6 Å². The normalized spacial score (nSPS) is 20.8. The molecule has 2 heterocycles. The van der Waals surface area contributed by atoms with Crippen molar-refractivity contribution < 1.29 is 9.53 Å². The van der Waals surface area contributed by atoms with Crippen LogP contribution in [0.3, 0.4) is 0 Å². The first kappa shape index (κ1) is 18.1. The summed E-state index contributed by atoms with van der Waals surface area (Å²) >= 11 is 6.04. The lowest BCUT2D eigenvalue weighted by atomic mass is 10.2. The van der Waals surface area contributed by atoms with Gasteiger partial charge in [-0.25, -0.2) is 4.79 Å². The number of carbonyl (C=O) groups is 1. The van der Waals surface area contributed by atoms with Crippen molar-refractivity contribution in [1.29, 1.82) is 0 Å². The molecule has 2 aromatic carbocycles. The summed E-state index contributed by atoms with van der Waals surface area (Å²) in [6.45, 7) is 5.67. The Morgan fingerprint density at radius 1 is 0.963 bits per heavy atom. The molecule has 0 aromatic heterocycles. The maximum atomic E-state index is 12.2. The molecule has 0 aliphatic carbocycles. The molecular weight excluding hydrogens is 362 g/mol. The van der Waals surface area contributed by atoms with E-state index in [-0.39, 0.29) is 12.2 Å². The monoisotopic (exact) mass is 385 g/mol. The number of ether oxygens (including phenoxy) is 1. The summed E-state index contributed by atoms with van der Waals surface area (Å²) in [4.78, 5) is 18.7. The molecule has 1 unspecified atom stereocenters. The van der Waals surface area contributed by atoms with E-state index in [4.69, 9.17) is 16.3 Å². The van der Waals surface area contributed by atoms with Gasteiger partial charge in [-0.1, -0.05) is 35.9 Å². The molecule has 5 nitrogen and oxygen atoms in total. The summed E-state index contributed by atoms with van der Waals surface area (Å²) in [6, 6.07) is 17.9. The van der Waals surface area contributed by atoms with Gasteiger partial charge in [-0.05, 0) is 36.8 Å². The van der Waals surface area contributed by atoms with E-state index < -0.39 is 0 Å². The second kappa shape index (κ2) is 8.19. The minimum Gasteiger partial charge on any atom is -0.444 e. The highest BCUT2D eigenvalue weighted by Crippen LogP contribution is 2.25. The first-order chi connectivity index (χ1) is 13.2. The van der Waals surface area contributed by atoms with E-state index >= 15 is 0 Å². The zero-order valence-electron chi connectivity index (χ0n) is 15.3. The first-order valence-corrected chi connectivity index (χ1v) is 9.83. The number of piperazine rings is 1. The smallest absolute Gasteiger partial charge is 0.414 e. The van der Waals surface area contributed by atoms with E-state index in [1.165, 1.54) is 5.69 Å². The molecule has 0 spiro atoms. The van der Waals surface area contributed by atoms with Crippen molar-refractivity contribution in [1.82, 2.24) is 4.90 Å². The molecule has 2 fully saturated rings. The van der Waals surface area contributed by atoms with Crippen LogP contribution in [0.1, 0.15) is 6.42 Å². The third-order valence-corrected chi connectivity index (χ3v) is 5.49. The summed E-state index contributed by atoms with van der Waals surface area (Å²) in [5, 5.41) is 0.625. The molecular formula is C21H24ClN3O2. The molecule has 2 aromatic rings. The lowest BCUT2D eigenvalue weighted by molar-refractivity contribution is 0.125. The van der Waals surface area contributed by atoms with Gasteiger partial charge < -0.3 is 9.64 Å². The number of para-hydroxylation sites is 1. The average Bonchev–Trinajstić information content (AvgIpc) is 3.08. The van der Waals surface area contributed by atoms with E-state index in [1.54, 1.807) is 17.0 Å². The van der Waals surface area contributed by atoms with Gasteiger partial charge in [0.2, 0.25) is 0 Å². The van der Waals surface area contributed by atoms with Crippen LogP contribution >= 0.6 is 11.6 Å². The molecule has 142 valence electrons. The van der Waals surface area contributed by atoms with E-state index in [0.717, 1.165) is 44.8 Å². The second-order valence-electron chi connectivity index (χ2n) is 7.05. The van der Waals surface area contributed by atoms with Gasteiger partial charge in [0.1, 0.15) is 6.10 Å². The number of rotatable bonds is 5. The molecule has 1 atom stereocenters. The summed E-state index contributed by atoms with van der Waals surface area (Å²) in [7, 11) is 0. The summed E-state index contributed by atoms with van der Waals surface area (Å²) in [6.07, 6.45) is 0.508. The third-order valence-electron chi connectivity index (χ3n) is 5.25. The maximum absolute atomic E-state index is 12.2. The van der Waals surface area contributed by atoms with Crippen molar-refractivity contribution in [3.8, 4) is 0 Å². The fraction of sp³-hybridized carbons (Fsp3) is 0.381. The zero-order chi connectivity index (χ0) is 18.6. The minimum atomic E-state index is -0.281. The Kier molecular flexibility index (Phi) is 5.50. The fourth-order valence-electron chi connectivity index (χ4n) is 3.72. The quantitative estimate of drug-likeness (QED) is 0.782. The standard InChI is InChI=1S/C21H24ClN3O2/c22-17-5-4-8-19(15-17)25-16-20(27-21(25)26)9-10-23-11-13-24(14-12-23)18-6-2-1-3-7-18/h1-8,15,20H,9-14,16H2. The highest BCUT2D eigenvalue weighted by molar-refractivity contribution is 6.30. The molecule has 1 amide bonds. The summed E-state index contributed by atoms with van der Waals surface area (Å²) in [5.74, 6) is 0. The number of anilines is 2. The molecule has 2 saturated heterocycles. The van der Waals surface area contributed by atoms with E-state index in [2.05, 4.69) is 40.1 Å². The number of benzene rings is 2. The van der Waals surface area contributed by atoms with Gasteiger partial charge in [-0.15, -0.1) is 0 Å². The van der Waals surface area contributed by atoms with Crippen molar-refractivity contribution in [2.24, 2.45) is 0 Å². The summed E-state index contributed by atoms with van der Waals surface area (Å²) in [5.41, 5.74) is 2.09. The number of carbonyl (C=O) groups excluding carboxylic acids is 1. The Bertz CT molecular complexity index is 778. The number of hydrogen-bond acceptors (Lipinski definition) is 4. The maximum Gasteiger partial charge on any atom is 0.414 e. The van der Waals surface area contributed by atoms with Crippen LogP contribution in [-0.2, 0) is 4.74 Å². The molecule has 0 N–H and O–H groups in total. The molecule has 2 aliphatic rings. The van der Waals surface area contributed by atoms with Crippen LogP contribution in [0.5, 0.6) is 0 Å².